The number of nitrogen functional groups attached to an aromatic ring is 1. The van der Waals surface area contributed by atoms with E-state index in [1.807, 2.05) is 20.8 Å². The van der Waals surface area contributed by atoms with Crippen molar-refractivity contribution < 1.29 is 4.52 Å². The quantitative estimate of drug-likeness (QED) is 0.779. The Morgan fingerprint density at radius 2 is 2.00 bits per heavy atom. The third kappa shape index (κ3) is 2.05. The molecule has 0 bridgehead atoms. The van der Waals surface area contributed by atoms with Crippen molar-refractivity contribution in [2.45, 2.75) is 20.8 Å². The molecule has 0 saturated carbocycles. The molecule has 0 unspecified atom stereocenters. The van der Waals surface area contributed by atoms with Gasteiger partial charge in [0, 0.05) is 11.1 Å². The van der Waals surface area contributed by atoms with Gasteiger partial charge in [-0.15, -0.1) is 11.3 Å². The molecule has 0 amide bonds. The molecule has 0 radical (unpaired) electrons. The van der Waals surface area contributed by atoms with Gasteiger partial charge in [-0.2, -0.15) is 4.98 Å². The van der Waals surface area contributed by atoms with E-state index in [1.165, 1.54) is 11.3 Å². The Hall–Kier alpha value is -2.28. The van der Waals surface area contributed by atoms with Crippen molar-refractivity contribution >= 4 is 16.3 Å². The van der Waals surface area contributed by atoms with Gasteiger partial charge in [0.05, 0.1) is 10.6 Å². The molecule has 20 heavy (non-hydrogen) atoms. The SMILES string of the molecule is Cc1nccc(-c2noc(-c3c(N)sc(C)c3C)n2)n1. The van der Waals surface area contributed by atoms with Crippen LogP contribution < -0.4 is 5.73 Å². The molecule has 2 N–H and O–H groups in total. The number of thiophene rings is 1. The van der Waals surface area contributed by atoms with Crippen LogP contribution in [0.25, 0.3) is 23.0 Å². The zero-order valence-electron chi connectivity index (χ0n) is 11.3. The van der Waals surface area contributed by atoms with Gasteiger partial charge >= 0.3 is 0 Å². The fourth-order valence-corrected chi connectivity index (χ4v) is 2.86. The summed E-state index contributed by atoms with van der Waals surface area (Å²) in [6.07, 6.45) is 1.67. The third-order valence-electron chi connectivity index (χ3n) is 3.06. The average Bonchev–Trinajstić information content (AvgIpc) is 2.96. The van der Waals surface area contributed by atoms with Crippen molar-refractivity contribution in [2.75, 3.05) is 5.73 Å². The first-order chi connectivity index (χ1) is 9.56. The van der Waals surface area contributed by atoms with Gasteiger partial charge in [-0.3, -0.25) is 0 Å². The number of hydrogen-bond donors (Lipinski definition) is 1. The van der Waals surface area contributed by atoms with Crippen LogP contribution in [-0.2, 0) is 0 Å². The molecule has 102 valence electrons. The van der Waals surface area contributed by atoms with Gasteiger partial charge in [-0.05, 0) is 32.4 Å². The van der Waals surface area contributed by atoms with Crippen molar-refractivity contribution in [3.8, 4) is 23.0 Å². The van der Waals surface area contributed by atoms with Crippen LogP contribution in [0.5, 0.6) is 0 Å². The fraction of sp³-hybridized carbons (Fsp3) is 0.231. The van der Waals surface area contributed by atoms with Crippen LogP contribution in [0.3, 0.4) is 0 Å². The Morgan fingerprint density at radius 1 is 1.20 bits per heavy atom. The lowest BCUT2D eigenvalue weighted by Gasteiger charge is -1.95. The van der Waals surface area contributed by atoms with E-state index in [0.29, 0.717) is 28.2 Å². The Balaban J connectivity index is 2.06. The second-order valence-corrected chi connectivity index (χ2v) is 5.69. The van der Waals surface area contributed by atoms with Crippen LogP contribution in [0.4, 0.5) is 5.00 Å². The third-order valence-corrected chi connectivity index (χ3v) is 4.09. The fourth-order valence-electron chi connectivity index (χ4n) is 1.93. The number of rotatable bonds is 2. The molecule has 3 aromatic rings. The highest BCUT2D eigenvalue weighted by Crippen LogP contribution is 2.37. The zero-order valence-corrected chi connectivity index (χ0v) is 12.2. The summed E-state index contributed by atoms with van der Waals surface area (Å²) in [6.45, 7) is 5.83. The molecular weight excluding hydrogens is 274 g/mol. The molecule has 0 aliphatic heterocycles. The van der Waals surface area contributed by atoms with Gasteiger partial charge in [-0.1, -0.05) is 5.16 Å². The van der Waals surface area contributed by atoms with Crippen LogP contribution in [0.15, 0.2) is 16.8 Å². The van der Waals surface area contributed by atoms with Crippen LogP contribution in [0, 0.1) is 20.8 Å². The van der Waals surface area contributed by atoms with E-state index in [4.69, 9.17) is 10.3 Å². The maximum absolute atomic E-state index is 6.01. The van der Waals surface area contributed by atoms with Crippen LogP contribution in [0.2, 0.25) is 0 Å². The van der Waals surface area contributed by atoms with Gasteiger partial charge in [0.25, 0.3) is 5.89 Å². The van der Waals surface area contributed by atoms with Gasteiger partial charge in [0.1, 0.15) is 11.5 Å². The van der Waals surface area contributed by atoms with Crippen LogP contribution in [0.1, 0.15) is 16.3 Å². The minimum absolute atomic E-state index is 0.426. The first-order valence-corrected chi connectivity index (χ1v) is 6.87. The summed E-state index contributed by atoms with van der Waals surface area (Å²) in [6, 6.07) is 1.75. The van der Waals surface area contributed by atoms with Gasteiger partial charge in [0.15, 0.2) is 0 Å². The van der Waals surface area contributed by atoms with Gasteiger partial charge in [-0.25, -0.2) is 9.97 Å². The normalized spacial score (nSPS) is 10.9. The first kappa shape index (κ1) is 12.7. The number of nitrogens with zero attached hydrogens (tertiary/aromatic N) is 4. The number of nitrogens with two attached hydrogens (primary N) is 1. The second kappa shape index (κ2) is 4.68. The molecule has 3 aromatic heterocycles. The number of aryl methyl sites for hydroxylation is 2. The van der Waals surface area contributed by atoms with Crippen molar-refractivity contribution in [3.05, 3.63) is 28.5 Å². The van der Waals surface area contributed by atoms with Crippen LogP contribution in [-0.4, -0.2) is 20.1 Å². The summed E-state index contributed by atoms with van der Waals surface area (Å²) in [7, 11) is 0. The van der Waals surface area contributed by atoms with Gasteiger partial charge in [0.2, 0.25) is 5.82 Å². The lowest BCUT2D eigenvalue weighted by molar-refractivity contribution is 0.432. The summed E-state index contributed by atoms with van der Waals surface area (Å²) in [5, 5.41) is 4.66. The van der Waals surface area contributed by atoms with E-state index >= 15 is 0 Å². The van der Waals surface area contributed by atoms with E-state index in [1.54, 1.807) is 12.3 Å². The maximum Gasteiger partial charge on any atom is 0.261 e. The predicted molar refractivity (Wildman–Crippen MR) is 77.3 cm³/mol. The lowest BCUT2D eigenvalue weighted by atomic mass is 10.1. The Bertz CT molecular complexity index is 777. The summed E-state index contributed by atoms with van der Waals surface area (Å²) in [4.78, 5) is 13.9. The van der Waals surface area contributed by atoms with E-state index in [2.05, 4.69) is 20.1 Å². The molecular formula is C13H13N5OS. The standard InChI is InChI=1S/C13H13N5OS/c1-6-7(2)20-11(14)10(6)13-17-12(18-19-13)9-4-5-15-8(3)16-9/h4-5H,14H2,1-3H3. The minimum atomic E-state index is 0.426. The largest absolute Gasteiger partial charge is 0.390 e. The van der Waals surface area contributed by atoms with E-state index in [9.17, 15) is 0 Å². The molecule has 0 atom stereocenters. The van der Waals surface area contributed by atoms with Crippen molar-refractivity contribution in [1.82, 2.24) is 20.1 Å². The molecule has 0 fully saturated rings. The van der Waals surface area contributed by atoms with Crippen LogP contribution >= 0.6 is 11.3 Å². The Kier molecular flexibility index (Phi) is 2.98. The molecule has 0 aromatic carbocycles. The molecule has 0 spiro atoms. The molecule has 7 heteroatoms. The summed E-state index contributed by atoms with van der Waals surface area (Å²) in [5.41, 5.74) is 8.53. The van der Waals surface area contributed by atoms with Crippen molar-refractivity contribution in [3.63, 3.8) is 0 Å². The monoisotopic (exact) mass is 287 g/mol. The zero-order chi connectivity index (χ0) is 14.3. The molecule has 3 rings (SSSR count). The highest BCUT2D eigenvalue weighted by atomic mass is 32.1. The molecule has 0 saturated heterocycles. The van der Waals surface area contributed by atoms with Crippen molar-refractivity contribution in [2.24, 2.45) is 0 Å². The second-order valence-electron chi connectivity index (χ2n) is 4.43. The van der Waals surface area contributed by atoms with Crippen molar-refractivity contribution in [1.29, 1.82) is 0 Å². The summed E-state index contributed by atoms with van der Waals surface area (Å²) in [5.74, 6) is 1.53. The minimum Gasteiger partial charge on any atom is -0.390 e. The lowest BCUT2D eigenvalue weighted by Crippen LogP contribution is -1.91. The molecule has 0 aliphatic carbocycles. The number of hydrogen-bond acceptors (Lipinski definition) is 7. The number of anilines is 1. The van der Waals surface area contributed by atoms with E-state index in [0.717, 1.165) is 16.0 Å². The Labute approximate surface area is 119 Å². The molecule has 6 nitrogen and oxygen atoms in total. The highest BCUT2D eigenvalue weighted by molar-refractivity contribution is 7.16. The Morgan fingerprint density at radius 3 is 2.65 bits per heavy atom. The summed E-state index contributed by atoms with van der Waals surface area (Å²) >= 11 is 1.52. The maximum atomic E-state index is 6.01. The molecule has 3 heterocycles. The van der Waals surface area contributed by atoms with Gasteiger partial charge < -0.3 is 10.3 Å². The smallest absolute Gasteiger partial charge is 0.261 e. The number of aromatic nitrogens is 4. The predicted octanol–water partition coefficient (Wildman–Crippen LogP) is 2.76. The highest BCUT2D eigenvalue weighted by Gasteiger charge is 2.19. The van der Waals surface area contributed by atoms with E-state index < -0.39 is 0 Å². The first-order valence-electron chi connectivity index (χ1n) is 6.06. The van der Waals surface area contributed by atoms with E-state index in [-0.39, 0.29) is 0 Å². The molecule has 0 aliphatic rings. The summed E-state index contributed by atoms with van der Waals surface area (Å²) < 4.78 is 5.33. The topological polar surface area (TPSA) is 90.7 Å². The average molecular weight is 287 g/mol.